The van der Waals surface area contributed by atoms with Crippen molar-refractivity contribution in [2.24, 2.45) is 0 Å². The molecule has 25 heavy (non-hydrogen) atoms. The molecule has 0 atom stereocenters. The Morgan fingerprint density at radius 3 is 2.68 bits per heavy atom. The largest absolute Gasteiger partial charge is 0.469 e. The average molecular weight is 398 g/mol. The van der Waals surface area contributed by atoms with Gasteiger partial charge in [0.1, 0.15) is 5.76 Å². The third-order valence-electron chi connectivity index (χ3n) is 3.28. The summed E-state index contributed by atoms with van der Waals surface area (Å²) in [6.07, 6.45) is 1.81. The molecule has 1 aromatic carbocycles. The quantitative estimate of drug-likeness (QED) is 0.584. The smallest absolute Gasteiger partial charge is 0.276 e. The summed E-state index contributed by atoms with van der Waals surface area (Å²) in [6, 6.07) is 6.80. The van der Waals surface area contributed by atoms with Crippen molar-refractivity contribution in [2.75, 3.05) is 11.1 Å². The molecule has 3 rings (SSSR count). The van der Waals surface area contributed by atoms with E-state index < -0.39 is 0 Å². The fraction of sp³-hybridized carbons (Fsp3) is 0.188. The molecule has 1 N–H and O–H groups in total. The van der Waals surface area contributed by atoms with Crippen molar-refractivity contribution < 1.29 is 13.6 Å². The average Bonchev–Trinajstić information content (AvgIpc) is 3.20. The molecule has 130 valence electrons. The van der Waals surface area contributed by atoms with Gasteiger partial charge in [0.05, 0.1) is 27.6 Å². The van der Waals surface area contributed by atoms with Crippen molar-refractivity contribution in [3.05, 3.63) is 46.3 Å². The van der Waals surface area contributed by atoms with Crippen LogP contribution < -0.4 is 5.32 Å². The van der Waals surface area contributed by atoms with E-state index in [4.69, 9.17) is 32.0 Å². The number of benzene rings is 1. The molecule has 2 heterocycles. The first-order valence-electron chi connectivity index (χ1n) is 7.29. The van der Waals surface area contributed by atoms with Crippen LogP contribution in [0.5, 0.6) is 0 Å². The molecule has 0 saturated heterocycles. The molecule has 0 radical (unpaired) electrons. The molecule has 1 amide bonds. The maximum atomic E-state index is 12.0. The second kappa shape index (κ2) is 7.95. The Balaban J connectivity index is 1.52. The summed E-state index contributed by atoms with van der Waals surface area (Å²) in [5, 5.41) is 11.8. The number of amides is 1. The van der Waals surface area contributed by atoms with Crippen molar-refractivity contribution >= 4 is 46.6 Å². The lowest BCUT2D eigenvalue weighted by atomic mass is 10.3. The van der Waals surface area contributed by atoms with Crippen LogP contribution in [0, 0.1) is 6.92 Å². The third kappa shape index (κ3) is 4.36. The number of hydrogen-bond donors (Lipinski definition) is 1. The molecule has 0 spiro atoms. The summed E-state index contributed by atoms with van der Waals surface area (Å²) in [5.41, 5.74) is 1.17. The van der Waals surface area contributed by atoms with Gasteiger partial charge in [0.15, 0.2) is 0 Å². The second-order valence-corrected chi connectivity index (χ2v) is 6.87. The SMILES string of the molecule is Cc1occc1-c1nnc(SCCC(=O)Nc2c(Cl)cccc2Cl)o1. The van der Waals surface area contributed by atoms with Gasteiger partial charge in [-0.1, -0.05) is 41.0 Å². The number of hydrogen-bond acceptors (Lipinski definition) is 6. The summed E-state index contributed by atoms with van der Waals surface area (Å²) in [5.74, 6) is 1.37. The van der Waals surface area contributed by atoms with Crippen LogP contribution in [0.1, 0.15) is 12.2 Å². The van der Waals surface area contributed by atoms with Gasteiger partial charge in [0, 0.05) is 12.2 Å². The molecular weight excluding hydrogens is 385 g/mol. The highest BCUT2D eigenvalue weighted by Crippen LogP contribution is 2.30. The Labute approximate surface area is 157 Å². The van der Waals surface area contributed by atoms with Gasteiger partial charge >= 0.3 is 0 Å². The zero-order chi connectivity index (χ0) is 17.8. The molecule has 0 fully saturated rings. The number of halogens is 2. The van der Waals surface area contributed by atoms with E-state index >= 15 is 0 Å². The van der Waals surface area contributed by atoms with E-state index in [1.54, 1.807) is 30.5 Å². The zero-order valence-corrected chi connectivity index (χ0v) is 15.4. The van der Waals surface area contributed by atoms with Crippen LogP contribution in [0.4, 0.5) is 5.69 Å². The Kier molecular flexibility index (Phi) is 5.67. The zero-order valence-electron chi connectivity index (χ0n) is 13.1. The van der Waals surface area contributed by atoms with E-state index in [0.717, 1.165) is 5.56 Å². The summed E-state index contributed by atoms with van der Waals surface area (Å²) in [7, 11) is 0. The van der Waals surface area contributed by atoms with E-state index in [1.807, 2.05) is 6.92 Å². The molecular formula is C16H13Cl2N3O3S. The van der Waals surface area contributed by atoms with Crippen molar-refractivity contribution in [1.29, 1.82) is 0 Å². The maximum absolute atomic E-state index is 12.0. The normalized spacial score (nSPS) is 10.8. The standard InChI is InChI=1S/C16H13Cl2N3O3S/c1-9-10(5-7-23-9)15-20-21-16(24-15)25-8-6-13(22)19-14-11(17)3-2-4-12(14)18/h2-5,7H,6,8H2,1H3,(H,19,22). The Hall–Kier alpha value is -1.96. The van der Waals surface area contributed by atoms with Gasteiger partial charge in [-0.25, -0.2) is 0 Å². The first-order chi connectivity index (χ1) is 12.0. The van der Waals surface area contributed by atoms with E-state index in [2.05, 4.69) is 15.5 Å². The molecule has 0 saturated carbocycles. The van der Waals surface area contributed by atoms with Gasteiger partial charge in [-0.3, -0.25) is 4.79 Å². The molecule has 6 nitrogen and oxygen atoms in total. The van der Waals surface area contributed by atoms with Crippen molar-refractivity contribution in [2.45, 2.75) is 18.6 Å². The third-order valence-corrected chi connectivity index (χ3v) is 4.73. The van der Waals surface area contributed by atoms with Crippen molar-refractivity contribution in [3.63, 3.8) is 0 Å². The Morgan fingerprint density at radius 2 is 2.00 bits per heavy atom. The molecule has 3 aromatic rings. The van der Waals surface area contributed by atoms with E-state index in [9.17, 15) is 4.79 Å². The van der Waals surface area contributed by atoms with Crippen LogP contribution in [0.15, 0.2) is 44.6 Å². The minimum Gasteiger partial charge on any atom is -0.469 e. The monoisotopic (exact) mass is 397 g/mol. The van der Waals surface area contributed by atoms with Crippen molar-refractivity contribution in [3.8, 4) is 11.5 Å². The Bertz CT molecular complexity index is 874. The molecule has 0 aliphatic rings. The number of aryl methyl sites for hydroxylation is 1. The minimum atomic E-state index is -0.201. The lowest BCUT2D eigenvalue weighted by Gasteiger charge is -2.08. The molecule has 2 aromatic heterocycles. The van der Waals surface area contributed by atoms with Gasteiger partial charge in [-0.15, -0.1) is 10.2 Å². The summed E-state index contributed by atoms with van der Waals surface area (Å²) < 4.78 is 10.8. The maximum Gasteiger partial charge on any atom is 0.276 e. The second-order valence-electron chi connectivity index (χ2n) is 5.01. The van der Waals surface area contributed by atoms with Gasteiger partial charge in [0.25, 0.3) is 11.1 Å². The molecule has 0 aliphatic heterocycles. The highest BCUT2D eigenvalue weighted by Gasteiger charge is 2.14. The molecule has 0 bridgehead atoms. The molecule has 9 heteroatoms. The predicted octanol–water partition coefficient (Wildman–Crippen LogP) is 5.07. The summed E-state index contributed by atoms with van der Waals surface area (Å²) in [6.45, 7) is 1.82. The number of nitrogens with zero attached hydrogens (tertiary/aromatic N) is 2. The van der Waals surface area contributed by atoms with Gasteiger partial charge < -0.3 is 14.2 Å². The first-order valence-corrected chi connectivity index (χ1v) is 9.03. The van der Waals surface area contributed by atoms with Crippen LogP contribution in [0.2, 0.25) is 10.0 Å². The number of anilines is 1. The Morgan fingerprint density at radius 1 is 1.24 bits per heavy atom. The first kappa shape index (κ1) is 17.8. The van der Waals surface area contributed by atoms with Crippen LogP contribution >= 0.6 is 35.0 Å². The van der Waals surface area contributed by atoms with E-state index in [-0.39, 0.29) is 12.3 Å². The van der Waals surface area contributed by atoms with Gasteiger partial charge in [-0.05, 0) is 25.1 Å². The van der Waals surface area contributed by atoms with Crippen LogP contribution in [-0.2, 0) is 4.79 Å². The fourth-order valence-electron chi connectivity index (χ4n) is 2.03. The highest BCUT2D eigenvalue weighted by molar-refractivity contribution is 7.99. The van der Waals surface area contributed by atoms with Crippen LogP contribution in [0.25, 0.3) is 11.5 Å². The molecule has 0 aliphatic carbocycles. The number of nitrogens with one attached hydrogen (secondary N) is 1. The van der Waals surface area contributed by atoms with Crippen molar-refractivity contribution in [1.82, 2.24) is 10.2 Å². The minimum absolute atomic E-state index is 0.201. The number of carbonyl (C=O) groups excluding carboxylic acids is 1. The summed E-state index contributed by atoms with van der Waals surface area (Å²) in [4.78, 5) is 12.0. The number of thioether (sulfide) groups is 1. The van der Waals surface area contributed by atoms with Gasteiger partial charge in [0.2, 0.25) is 5.91 Å². The fourth-order valence-corrected chi connectivity index (χ4v) is 3.22. The predicted molar refractivity (Wildman–Crippen MR) is 97.2 cm³/mol. The number of para-hydroxylation sites is 1. The van der Waals surface area contributed by atoms with Crippen LogP contribution in [0.3, 0.4) is 0 Å². The lowest BCUT2D eigenvalue weighted by molar-refractivity contribution is -0.115. The molecule has 0 unspecified atom stereocenters. The van der Waals surface area contributed by atoms with E-state index in [0.29, 0.717) is 38.4 Å². The lowest BCUT2D eigenvalue weighted by Crippen LogP contribution is -2.12. The number of carbonyl (C=O) groups is 1. The number of aromatic nitrogens is 2. The van der Waals surface area contributed by atoms with Gasteiger partial charge in [-0.2, -0.15) is 0 Å². The number of rotatable bonds is 6. The van der Waals surface area contributed by atoms with E-state index in [1.165, 1.54) is 11.8 Å². The number of furan rings is 1. The summed E-state index contributed by atoms with van der Waals surface area (Å²) >= 11 is 13.3. The van der Waals surface area contributed by atoms with Crippen LogP contribution in [-0.4, -0.2) is 21.9 Å². The topological polar surface area (TPSA) is 81.2 Å². The highest BCUT2D eigenvalue weighted by atomic mass is 35.5.